The molecule has 0 saturated heterocycles. The maximum Gasteiger partial charge on any atom is 0.300 e. The number of aromatic nitrogens is 1. The van der Waals surface area contributed by atoms with Crippen LogP contribution < -0.4 is 0 Å². The van der Waals surface area contributed by atoms with E-state index in [1.54, 1.807) is 6.07 Å². The third-order valence-corrected chi connectivity index (χ3v) is 1.87. The van der Waals surface area contributed by atoms with Crippen LogP contribution in [0.2, 0.25) is 0 Å². The van der Waals surface area contributed by atoms with E-state index < -0.39 is 29.2 Å². The first-order valence-electron chi connectivity index (χ1n) is 4.24. The van der Waals surface area contributed by atoms with E-state index in [0.717, 1.165) is 6.07 Å². The van der Waals surface area contributed by atoms with Gasteiger partial charge in [-0.15, -0.1) is 0 Å². The van der Waals surface area contributed by atoms with Gasteiger partial charge in [0.2, 0.25) is 0 Å². The molecule has 0 fully saturated rings. The number of rotatable bonds is 3. The zero-order valence-electron chi connectivity index (χ0n) is 8.22. The van der Waals surface area contributed by atoms with E-state index in [0.29, 0.717) is 0 Å². The molecule has 0 unspecified atom stereocenters. The topological polar surface area (TPSA) is 104 Å². The van der Waals surface area contributed by atoms with E-state index in [1.807, 2.05) is 0 Å². The fourth-order valence-electron chi connectivity index (χ4n) is 1.25. The Bertz CT molecular complexity index is 545. The normalized spacial score (nSPS) is 9.71. The third kappa shape index (κ3) is 2.49. The Morgan fingerprint density at radius 1 is 1.53 bits per heavy atom. The lowest BCUT2D eigenvalue weighted by molar-refractivity contribution is -0.387. The molecule has 1 rings (SSSR count). The molecule has 0 spiro atoms. The van der Waals surface area contributed by atoms with E-state index in [1.165, 1.54) is 6.07 Å². The molecule has 1 aromatic rings. The Morgan fingerprint density at radius 3 is 2.59 bits per heavy atom. The lowest BCUT2D eigenvalue weighted by atomic mass is 10.1. The minimum atomic E-state index is -3.18. The molecule has 86 valence electrons. The molecule has 17 heavy (non-hydrogen) atoms. The van der Waals surface area contributed by atoms with Crippen LogP contribution in [-0.4, -0.2) is 9.91 Å². The summed E-state index contributed by atoms with van der Waals surface area (Å²) in [6, 6.07) is 4.09. The van der Waals surface area contributed by atoms with Gasteiger partial charge in [-0.25, -0.2) is 13.8 Å². The maximum absolute atomic E-state index is 12.6. The van der Waals surface area contributed by atoms with Crippen molar-refractivity contribution in [2.75, 3.05) is 0 Å². The highest BCUT2D eigenvalue weighted by molar-refractivity contribution is 5.49. The summed E-state index contributed by atoms with van der Waals surface area (Å²) in [5.74, 6) is 0. The van der Waals surface area contributed by atoms with Gasteiger partial charge >= 0.3 is 5.69 Å². The number of hydrogen-bond donors (Lipinski definition) is 0. The average molecular weight is 238 g/mol. The van der Waals surface area contributed by atoms with Gasteiger partial charge in [0.15, 0.2) is 5.69 Å². The summed E-state index contributed by atoms with van der Waals surface area (Å²) in [5.41, 5.74) is -2.60. The first-order chi connectivity index (χ1) is 8.01. The molecule has 0 atom stereocenters. The van der Waals surface area contributed by atoms with Crippen molar-refractivity contribution in [1.82, 2.24) is 4.98 Å². The number of nitro groups is 1. The quantitative estimate of drug-likeness (QED) is 0.590. The molecule has 6 nitrogen and oxygen atoms in total. The summed E-state index contributed by atoms with van der Waals surface area (Å²) in [4.78, 5) is 12.8. The van der Waals surface area contributed by atoms with Gasteiger partial charge in [0.05, 0.1) is 17.4 Å². The van der Waals surface area contributed by atoms with Crippen LogP contribution in [0.4, 0.5) is 14.5 Å². The lowest BCUT2D eigenvalue weighted by Gasteiger charge is -2.04. The highest BCUT2D eigenvalue weighted by Gasteiger charge is 2.28. The predicted molar refractivity (Wildman–Crippen MR) is 49.9 cm³/mol. The molecule has 0 amide bonds. The van der Waals surface area contributed by atoms with Gasteiger partial charge in [-0.2, -0.15) is 10.5 Å². The zero-order valence-corrected chi connectivity index (χ0v) is 8.22. The molecule has 0 aliphatic carbocycles. The summed E-state index contributed by atoms with van der Waals surface area (Å²) in [7, 11) is 0. The van der Waals surface area contributed by atoms with Crippen LogP contribution in [0.5, 0.6) is 0 Å². The van der Waals surface area contributed by atoms with Crippen LogP contribution in [0.1, 0.15) is 23.4 Å². The number of pyridine rings is 1. The molecule has 0 saturated carbocycles. The molecule has 0 aliphatic rings. The summed E-state index contributed by atoms with van der Waals surface area (Å²) in [6.45, 7) is 0. The monoisotopic (exact) mass is 238 g/mol. The van der Waals surface area contributed by atoms with Crippen LogP contribution in [-0.2, 0) is 6.42 Å². The molecule has 0 aliphatic heterocycles. The van der Waals surface area contributed by atoms with Crippen LogP contribution >= 0.6 is 0 Å². The summed E-state index contributed by atoms with van der Waals surface area (Å²) in [5, 5.41) is 27.7. The molecule has 0 radical (unpaired) electrons. The number of halogens is 2. The molecule has 0 bridgehead atoms. The van der Waals surface area contributed by atoms with Crippen molar-refractivity contribution >= 4 is 5.69 Å². The SMILES string of the molecule is N#CCc1cc(C#N)nc(C(F)F)c1[N+](=O)[O-]. The Balaban J connectivity index is 3.57. The Morgan fingerprint density at radius 2 is 2.18 bits per heavy atom. The van der Waals surface area contributed by atoms with Crippen molar-refractivity contribution in [2.24, 2.45) is 0 Å². The van der Waals surface area contributed by atoms with Gasteiger partial charge < -0.3 is 0 Å². The fourth-order valence-corrected chi connectivity index (χ4v) is 1.25. The molecule has 8 heteroatoms. The van der Waals surface area contributed by atoms with Crippen molar-refractivity contribution < 1.29 is 13.7 Å². The Kier molecular flexibility index (Phi) is 3.62. The highest BCUT2D eigenvalue weighted by Crippen LogP contribution is 2.31. The van der Waals surface area contributed by atoms with E-state index in [4.69, 9.17) is 10.5 Å². The second-order valence-corrected chi connectivity index (χ2v) is 2.90. The van der Waals surface area contributed by atoms with Crippen molar-refractivity contribution in [3.63, 3.8) is 0 Å². The standard InChI is InChI=1S/C9H4F2N4O2/c10-9(11)7-8(15(16)17)5(1-2-12)3-6(4-13)14-7/h3,9H,1H2. The van der Waals surface area contributed by atoms with Gasteiger partial charge in [0, 0.05) is 5.56 Å². The van der Waals surface area contributed by atoms with Gasteiger partial charge in [0.1, 0.15) is 11.8 Å². The van der Waals surface area contributed by atoms with Crippen LogP contribution in [0.25, 0.3) is 0 Å². The molecule has 0 N–H and O–H groups in total. The first kappa shape index (κ1) is 12.5. The molecular weight excluding hydrogens is 234 g/mol. The van der Waals surface area contributed by atoms with Crippen LogP contribution in [0.15, 0.2) is 6.07 Å². The van der Waals surface area contributed by atoms with Gasteiger partial charge in [-0.05, 0) is 6.07 Å². The van der Waals surface area contributed by atoms with E-state index in [9.17, 15) is 18.9 Å². The van der Waals surface area contributed by atoms with Crippen molar-refractivity contribution in [2.45, 2.75) is 12.8 Å². The molecule has 1 heterocycles. The number of hydrogen-bond acceptors (Lipinski definition) is 5. The molecule has 1 aromatic heterocycles. The summed E-state index contributed by atoms with van der Waals surface area (Å²) < 4.78 is 25.1. The second kappa shape index (κ2) is 4.94. The van der Waals surface area contributed by atoms with Crippen LogP contribution in [0.3, 0.4) is 0 Å². The van der Waals surface area contributed by atoms with Crippen molar-refractivity contribution in [3.05, 3.63) is 33.1 Å². The predicted octanol–water partition coefficient (Wildman–Crippen LogP) is 1.87. The first-order valence-corrected chi connectivity index (χ1v) is 4.24. The summed E-state index contributed by atoms with van der Waals surface area (Å²) >= 11 is 0. The minimum absolute atomic E-state index is 0.237. The van der Waals surface area contributed by atoms with Crippen LogP contribution in [0, 0.1) is 32.8 Å². The van der Waals surface area contributed by atoms with Gasteiger partial charge in [-0.3, -0.25) is 10.1 Å². The largest absolute Gasteiger partial charge is 0.300 e. The third-order valence-electron chi connectivity index (χ3n) is 1.87. The summed E-state index contributed by atoms with van der Waals surface area (Å²) in [6.07, 6.45) is -3.62. The maximum atomic E-state index is 12.6. The van der Waals surface area contributed by atoms with E-state index in [-0.39, 0.29) is 11.3 Å². The number of nitrogens with zero attached hydrogens (tertiary/aromatic N) is 4. The molecule has 0 aromatic carbocycles. The fraction of sp³-hybridized carbons (Fsp3) is 0.222. The smallest absolute Gasteiger partial charge is 0.258 e. The Hall–Kier alpha value is -2.61. The molecular formula is C9H4F2N4O2. The highest BCUT2D eigenvalue weighted by atomic mass is 19.3. The zero-order chi connectivity index (χ0) is 13.0. The van der Waals surface area contributed by atoms with Gasteiger partial charge in [-0.1, -0.05) is 0 Å². The number of alkyl halides is 2. The van der Waals surface area contributed by atoms with E-state index >= 15 is 0 Å². The second-order valence-electron chi connectivity index (χ2n) is 2.90. The van der Waals surface area contributed by atoms with Crippen molar-refractivity contribution in [1.29, 1.82) is 10.5 Å². The van der Waals surface area contributed by atoms with E-state index in [2.05, 4.69) is 4.98 Å². The minimum Gasteiger partial charge on any atom is -0.258 e. The van der Waals surface area contributed by atoms with Crippen molar-refractivity contribution in [3.8, 4) is 12.1 Å². The van der Waals surface area contributed by atoms with Gasteiger partial charge in [0.25, 0.3) is 6.43 Å². The lowest BCUT2D eigenvalue weighted by Crippen LogP contribution is -2.05. The Labute approximate surface area is 93.9 Å². The average Bonchev–Trinajstić information content (AvgIpc) is 2.27. The number of nitriles is 2.